The van der Waals surface area contributed by atoms with Crippen molar-refractivity contribution in [3.63, 3.8) is 0 Å². The van der Waals surface area contributed by atoms with Crippen molar-refractivity contribution < 1.29 is 4.42 Å². The number of fused-ring (bicyclic) bond motifs is 7. The molecule has 9 aromatic rings. The van der Waals surface area contributed by atoms with Gasteiger partial charge in [-0.25, -0.2) is 19.9 Å². The fraction of sp³-hybridized carbons (Fsp3) is 0. The zero-order chi connectivity index (χ0) is 29.0. The highest BCUT2D eigenvalue weighted by Crippen LogP contribution is 2.44. The predicted molar refractivity (Wildman–Crippen MR) is 180 cm³/mol. The Morgan fingerprint density at radius 3 is 1.64 bits per heavy atom. The van der Waals surface area contributed by atoms with Crippen molar-refractivity contribution in [2.75, 3.05) is 0 Å². The molecule has 9 rings (SSSR count). The molecule has 0 spiro atoms. The number of aromatic nitrogens is 4. The quantitative estimate of drug-likeness (QED) is 0.207. The monoisotopic (exact) mass is 582 g/mol. The Balaban J connectivity index is 1.22. The van der Waals surface area contributed by atoms with Gasteiger partial charge in [-0.3, -0.25) is 0 Å². The van der Waals surface area contributed by atoms with Gasteiger partial charge in [0, 0.05) is 43.1 Å². The van der Waals surface area contributed by atoms with Gasteiger partial charge >= 0.3 is 0 Å². The SMILES string of the molecule is c1ccc(-c2nc(-c3ccccc3)nc(-c3ccc(-c4nc5c6ccccc6sc5c5c4oc4ccccc45)cc3)n2)cc1. The molecule has 44 heavy (non-hydrogen) atoms. The first-order valence-electron chi connectivity index (χ1n) is 14.4. The van der Waals surface area contributed by atoms with E-state index in [1.165, 1.54) is 4.70 Å². The molecule has 4 heterocycles. The molecule has 0 radical (unpaired) electrons. The lowest BCUT2D eigenvalue weighted by atomic mass is 10.0. The molecular weight excluding hydrogens is 561 g/mol. The summed E-state index contributed by atoms with van der Waals surface area (Å²) in [4.78, 5) is 19.9. The summed E-state index contributed by atoms with van der Waals surface area (Å²) in [5.41, 5.74) is 7.24. The fourth-order valence-corrected chi connectivity index (χ4v) is 7.02. The number of hydrogen-bond donors (Lipinski definition) is 0. The van der Waals surface area contributed by atoms with Crippen molar-refractivity contribution in [1.82, 2.24) is 19.9 Å². The maximum Gasteiger partial charge on any atom is 0.164 e. The topological polar surface area (TPSA) is 64.7 Å². The van der Waals surface area contributed by atoms with Gasteiger partial charge in [-0.2, -0.15) is 0 Å². The number of hydrogen-bond acceptors (Lipinski definition) is 6. The minimum absolute atomic E-state index is 0.616. The van der Waals surface area contributed by atoms with Crippen LogP contribution < -0.4 is 0 Å². The summed E-state index contributed by atoms with van der Waals surface area (Å²) in [5, 5.41) is 3.37. The zero-order valence-electron chi connectivity index (χ0n) is 23.3. The Kier molecular flexibility index (Phi) is 5.61. The van der Waals surface area contributed by atoms with Crippen LogP contribution in [0.25, 0.3) is 87.7 Å². The highest BCUT2D eigenvalue weighted by molar-refractivity contribution is 7.26. The molecule has 0 bridgehead atoms. The molecule has 0 unspecified atom stereocenters. The largest absolute Gasteiger partial charge is 0.454 e. The number of para-hydroxylation sites is 1. The van der Waals surface area contributed by atoms with E-state index in [4.69, 9.17) is 24.4 Å². The lowest BCUT2D eigenvalue weighted by molar-refractivity contribution is 0.669. The van der Waals surface area contributed by atoms with Crippen molar-refractivity contribution >= 4 is 53.6 Å². The highest BCUT2D eigenvalue weighted by atomic mass is 32.1. The Bertz CT molecular complexity index is 2430. The number of pyridine rings is 1. The molecule has 5 aromatic carbocycles. The second kappa shape index (κ2) is 9.93. The molecule has 6 heteroatoms. The standard InChI is InChI=1S/C38H22N4OS/c1-3-11-24(12-4-1)36-40-37(25-13-5-2-6-14-25)42-38(41-36)26-21-19-23(20-22-26)32-34-31(27-15-7-9-17-29(27)43-34)35-33(39-32)28-16-8-10-18-30(28)44-35/h1-22H. The van der Waals surface area contributed by atoms with Gasteiger partial charge in [0.15, 0.2) is 23.1 Å². The third-order valence-electron chi connectivity index (χ3n) is 7.95. The van der Waals surface area contributed by atoms with E-state index in [-0.39, 0.29) is 0 Å². The third-order valence-corrected chi connectivity index (χ3v) is 9.12. The van der Waals surface area contributed by atoms with E-state index in [1.54, 1.807) is 11.3 Å². The Morgan fingerprint density at radius 1 is 0.455 bits per heavy atom. The summed E-state index contributed by atoms with van der Waals surface area (Å²) in [7, 11) is 0. The number of thiophene rings is 1. The van der Waals surface area contributed by atoms with Crippen molar-refractivity contribution in [2.24, 2.45) is 0 Å². The van der Waals surface area contributed by atoms with E-state index in [0.717, 1.165) is 65.5 Å². The predicted octanol–water partition coefficient (Wildman–Crippen LogP) is 10.2. The van der Waals surface area contributed by atoms with Crippen LogP contribution in [0.4, 0.5) is 0 Å². The van der Waals surface area contributed by atoms with Crippen molar-refractivity contribution in [1.29, 1.82) is 0 Å². The molecule has 5 nitrogen and oxygen atoms in total. The normalized spacial score (nSPS) is 11.6. The van der Waals surface area contributed by atoms with Gasteiger partial charge in [-0.1, -0.05) is 121 Å². The van der Waals surface area contributed by atoms with Crippen LogP contribution in [0.5, 0.6) is 0 Å². The zero-order valence-corrected chi connectivity index (χ0v) is 24.1. The molecule has 0 aliphatic rings. The maximum absolute atomic E-state index is 6.50. The summed E-state index contributed by atoms with van der Waals surface area (Å²) in [6.07, 6.45) is 0. The van der Waals surface area contributed by atoms with E-state index in [9.17, 15) is 0 Å². The van der Waals surface area contributed by atoms with Crippen molar-refractivity contribution in [3.05, 3.63) is 133 Å². The van der Waals surface area contributed by atoms with E-state index < -0.39 is 0 Å². The lowest BCUT2D eigenvalue weighted by Gasteiger charge is -2.09. The lowest BCUT2D eigenvalue weighted by Crippen LogP contribution is -2.00. The maximum atomic E-state index is 6.50. The van der Waals surface area contributed by atoms with E-state index in [0.29, 0.717) is 17.5 Å². The molecule has 0 aliphatic carbocycles. The molecule has 4 aromatic heterocycles. The molecular formula is C38H22N4OS. The summed E-state index contributed by atoms with van der Waals surface area (Å²) in [6.45, 7) is 0. The van der Waals surface area contributed by atoms with Crippen LogP contribution in [0, 0.1) is 0 Å². The first-order valence-corrected chi connectivity index (χ1v) is 15.2. The highest BCUT2D eigenvalue weighted by Gasteiger charge is 2.21. The first-order chi connectivity index (χ1) is 21.8. The average molecular weight is 583 g/mol. The molecule has 0 aliphatic heterocycles. The Hall–Kier alpha value is -5.72. The van der Waals surface area contributed by atoms with Crippen LogP contribution in [0.1, 0.15) is 0 Å². The van der Waals surface area contributed by atoms with E-state index in [2.05, 4.69) is 60.7 Å². The van der Waals surface area contributed by atoms with E-state index >= 15 is 0 Å². The van der Waals surface area contributed by atoms with Crippen LogP contribution in [0.2, 0.25) is 0 Å². The van der Waals surface area contributed by atoms with E-state index in [1.807, 2.05) is 72.8 Å². The Labute approximate surface area is 256 Å². The number of rotatable bonds is 4. The van der Waals surface area contributed by atoms with Gasteiger partial charge in [0.1, 0.15) is 11.3 Å². The summed E-state index contributed by atoms with van der Waals surface area (Å²) >= 11 is 1.77. The second-order valence-corrected chi connectivity index (χ2v) is 11.7. The smallest absolute Gasteiger partial charge is 0.164 e. The molecule has 0 N–H and O–H groups in total. The average Bonchev–Trinajstić information content (AvgIpc) is 3.67. The minimum Gasteiger partial charge on any atom is -0.454 e. The summed E-state index contributed by atoms with van der Waals surface area (Å²) in [5.74, 6) is 1.89. The Morgan fingerprint density at radius 2 is 0.977 bits per heavy atom. The molecule has 0 saturated carbocycles. The fourth-order valence-electron chi connectivity index (χ4n) is 5.82. The van der Waals surface area contributed by atoms with Crippen LogP contribution in [-0.2, 0) is 0 Å². The number of furan rings is 1. The van der Waals surface area contributed by atoms with Gasteiger partial charge in [0.25, 0.3) is 0 Å². The molecule has 0 amide bonds. The summed E-state index contributed by atoms with van der Waals surface area (Å²) in [6, 6.07) is 45.0. The third kappa shape index (κ3) is 4.00. The first kappa shape index (κ1) is 24.8. The van der Waals surface area contributed by atoms with Crippen molar-refractivity contribution in [3.8, 4) is 45.4 Å². The van der Waals surface area contributed by atoms with Crippen LogP contribution in [0.3, 0.4) is 0 Å². The van der Waals surface area contributed by atoms with Gasteiger partial charge in [-0.15, -0.1) is 11.3 Å². The molecule has 206 valence electrons. The van der Waals surface area contributed by atoms with Crippen LogP contribution in [0.15, 0.2) is 138 Å². The number of nitrogens with zero attached hydrogens (tertiary/aromatic N) is 4. The van der Waals surface area contributed by atoms with Gasteiger partial charge in [-0.05, 0) is 12.1 Å². The summed E-state index contributed by atoms with van der Waals surface area (Å²) < 4.78 is 8.86. The minimum atomic E-state index is 0.616. The van der Waals surface area contributed by atoms with Gasteiger partial charge < -0.3 is 4.42 Å². The van der Waals surface area contributed by atoms with Crippen LogP contribution in [-0.4, -0.2) is 19.9 Å². The molecule has 0 atom stereocenters. The van der Waals surface area contributed by atoms with Gasteiger partial charge in [0.05, 0.1) is 10.2 Å². The second-order valence-electron chi connectivity index (χ2n) is 10.7. The molecule has 0 fully saturated rings. The van der Waals surface area contributed by atoms with Crippen molar-refractivity contribution in [2.45, 2.75) is 0 Å². The van der Waals surface area contributed by atoms with Gasteiger partial charge in [0.2, 0.25) is 0 Å². The molecule has 0 saturated heterocycles. The van der Waals surface area contributed by atoms with Crippen LogP contribution >= 0.6 is 11.3 Å². The number of benzene rings is 5.